The number of aromatic nitrogens is 1. The van der Waals surface area contributed by atoms with Gasteiger partial charge in [0.15, 0.2) is 0 Å². The molecule has 3 nitrogen and oxygen atoms in total. The normalized spacial score (nSPS) is 27.1. The number of nitriles is 1. The zero-order valence-electron chi connectivity index (χ0n) is 9.69. The van der Waals surface area contributed by atoms with Gasteiger partial charge < -0.3 is 5.32 Å². The highest BCUT2D eigenvalue weighted by Crippen LogP contribution is 2.36. The fourth-order valence-electron chi connectivity index (χ4n) is 2.93. The van der Waals surface area contributed by atoms with E-state index in [1.807, 2.05) is 12.3 Å². The lowest BCUT2D eigenvalue weighted by Gasteiger charge is -2.29. The summed E-state index contributed by atoms with van der Waals surface area (Å²) in [5, 5.41) is 12.5. The van der Waals surface area contributed by atoms with Crippen LogP contribution in [0, 0.1) is 17.2 Å². The van der Waals surface area contributed by atoms with Crippen LogP contribution >= 0.6 is 0 Å². The lowest BCUT2D eigenvalue weighted by molar-refractivity contribution is 0.346. The SMILES string of the molecule is N#Cc1cncc(C2=CCC3CCCNC23)c1. The van der Waals surface area contributed by atoms with Gasteiger partial charge in [0.2, 0.25) is 0 Å². The van der Waals surface area contributed by atoms with Crippen LogP contribution in [0.3, 0.4) is 0 Å². The number of fused-ring (bicyclic) bond motifs is 1. The molecule has 2 unspecified atom stereocenters. The Bertz CT molecular complexity index is 498. The number of hydrogen-bond acceptors (Lipinski definition) is 3. The van der Waals surface area contributed by atoms with Crippen LogP contribution in [0.1, 0.15) is 30.4 Å². The minimum absolute atomic E-state index is 0.472. The minimum Gasteiger partial charge on any atom is -0.310 e. The van der Waals surface area contributed by atoms with Crippen molar-refractivity contribution in [2.75, 3.05) is 6.54 Å². The molecule has 1 aromatic rings. The summed E-state index contributed by atoms with van der Waals surface area (Å²) in [6, 6.07) is 4.57. The van der Waals surface area contributed by atoms with Crippen LogP contribution < -0.4 is 5.32 Å². The van der Waals surface area contributed by atoms with Crippen LogP contribution in [0.5, 0.6) is 0 Å². The average molecular weight is 225 g/mol. The van der Waals surface area contributed by atoms with Crippen molar-refractivity contribution in [3.8, 4) is 6.07 Å². The van der Waals surface area contributed by atoms with E-state index in [1.54, 1.807) is 6.20 Å². The predicted octanol–water partition coefficient (Wildman–Crippen LogP) is 2.11. The predicted molar refractivity (Wildman–Crippen MR) is 66.1 cm³/mol. The fraction of sp³-hybridized carbons (Fsp3) is 0.429. The van der Waals surface area contributed by atoms with Crippen molar-refractivity contribution >= 4 is 5.57 Å². The summed E-state index contributed by atoms with van der Waals surface area (Å²) >= 11 is 0. The second-order valence-electron chi connectivity index (χ2n) is 4.80. The average Bonchev–Trinajstić information content (AvgIpc) is 2.82. The fourth-order valence-corrected chi connectivity index (χ4v) is 2.93. The minimum atomic E-state index is 0.472. The van der Waals surface area contributed by atoms with E-state index in [0.29, 0.717) is 11.6 Å². The van der Waals surface area contributed by atoms with E-state index < -0.39 is 0 Å². The highest BCUT2D eigenvalue weighted by molar-refractivity contribution is 5.72. The van der Waals surface area contributed by atoms with Gasteiger partial charge in [-0.05, 0) is 48.9 Å². The quantitative estimate of drug-likeness (QED) is 0.796. The Morgan fingerprint density at radius 2 is 2.35 bits per heavy atom. The molecule has 3 rings (SSSR count). The molecule has 1 fully saturated rings. The number of rotatable bonds is 1. The Hall–Kier alpha value is -1.66. The maximum atomic E-state index is 8.91. The Kier molecular flexibility index (Phi) is 2.66. The summed E-state index contributed by atoms with van der Waals surface area (Å²) in [6.07, 6.45) is 9.54. The molecular weight excluding hydrogens is 210 g/mol. The molecule has 86 valence electrons. The molecule has 0 radical (unpaired) electrons. The second kappa shape index (κ2) is 4.31. The van der Waals surface area contributed by atoms with Crippen LogP contribution in [0.15, 0.2) is 24.5 Å². The Labute approximate surface area is 101 Å². The van der Waals surface area contributed by atoms with Crippen molar-refractivity contribution in [3.63, 3.8) is 0 Å². The van der Waals surface area contributed by atoms with Crippen molar-refractivity contribution in [3.05, 3.63) is 35.7 Å². The van der Waals surface area contributed by atoms with Crippen molar-refractivity contribution in [1.82, 2.24) is 10.3 Å². The third kappa shape index (κ3) is 1.85. The van der Waals surface area contributed by atoms with E-state index in [2.05, 4.69) is 22.4 Å². The molecule has 17 heavy (non-hydrogen) atoms. The van der Waals surface area contributed by atoms with Gasteiger partial charge in [-0.15, -0.1) is 0 Å². The van der Waals surface area contributed by atoms with Crippen molar-refractivity contribution in [2.24, 2.45) is 5.92 Å². The number of piperidine rings is 1. The van der Waals surface area contributed by atoms with Gasteiger partial charge in [0.1, 0.15) is 6.07 Å². The van der Waals surface area contributed by atoms with Gasteiger partial charge in [-0.2, -0.15) is 5.26 Å². The molecule has 2 aliphatic rings. The first-order valence-corrected chi connectivity index (χ1v) is 6.17. The molecule has 1 saturated heterocycles. The van der Waals surface area contributed by atoms with Gasteiger partial charge in [-0.3, -0.25) is 4.98 Å². The smallest absolute Gasteiger partial charge is 0.101 e. The third-order valence-electron chi connectivity index (χ3n) is 3.76. The van der Waals surface area contributed by atoms with Crippen molar-refractivity contribution in [1.29, 1.82) is 5.26 Å². The monoisotopic (exact) mass is 225 g/mol. The third-order valence-corrected chi connectivity index (χ3v) is 3.76. The van der Waals surface area contributed by atoms with E-state index in [9.17, 15) is 0 Å². The number of nitrogens with one attached hydrogen (secondary N) is 1. The van der Waals surface area contributed by atoms with Gasteiger partial charge in [0, 0.05) is 18.4 Å². The Morgan fingerprint density at radius 1 is 1.41 bits per heavy atom. The Morgan fingerprint density at radius 3 is 3.24 bits per heavy atom. The molecule has 1 N–H and O–H groups in total. The summed E-state index contributed by atoms with van der Waals surface area (Å²) in [7, 11) is 0. The largest absolute Gasteiger partial charge is 0.310 e. The van der Waals surface area contributed by atoms with Gasteiger partial charge in [0.05, 0.1) is 5.56 Å². The first kappa shape index (κ1) is 10.5. The number of hydrogen-bond donors (Lipinski definition) is 1. The highest BCUT2D eigenvalue weighted by atomic mass is 14.9. The maximum Gasteiger partial charge on any atom is 0.101 e. The number of allylic oxidation sites excluding steroid dienone is 1. The number of nitrogens with zero attached hydrogens (tertiary/aromatic N) is 2. The van der Waals surface area contributed by atoms with Crippen LogP contribution in [0.4, 0.5) is 0 Å². The van der Waals surface area contributed by atoms with Crippen molar-refractivity contribution in [2.45, 2.75) is 25.3 Å². The van der Waals surface area contributed by atoms with Gasteiger partial charge in [0.25, 0.3) is 0 Å². The molecule has 2 atom stereocenters. The zero-order chi connectivity index (χ0) is 11.7. The summed E-state index contributed by atoms with van der Waals surface area (Å²) in [5.41, 5.74) is 3.08. The molecule has 0 aromatic carbocycles. The summed E-state index contributed by atoms with van der Waals surface area (Å²) in [5.74, 6) is 0.740. The van der Waals surface area contributed by atoms with Crippen LogP contribution in [0.2, 0.25) is 0 Å². The highest BCUT2D eigenvalue weighted by Gasteiger charge is 2.32. The van der Waals surface area contributed by atoms with Crippen LogP contribution in [-0.2, 0) is 0 Å². The molecule has 0 saturated carbocycles. The van der Waals surface area contributed by atoms with Crippen LogP contribution in [0.25, 0.3) is 5.57 Å². The molecule has 1 aliphatic heterocycles. The van der Waals surface area contributed by atoms with Gasteiger partial charge in [-0.25, -0.2) is 0 Å². The van der Waals surface area contributed by atoms with E-state index in [0.717, 1.165) is 24.4 Å². The Balaban J connectivity index is 1.91. The first-order valence-electron chi connectivity index (χ1n) is 6.17. The van der Waals surface area contributed by atoms with E-state index in [4.69, 9.17) is 5.26 Å². The molecule has 1 aliphatic carbocycles. The summed E-state index contributed by atoms with van der Waals surface area (Å²) < 4.78 is 0. The van der Waals surface area contributed by atoms with E-state index in [1.165, 1.54) is 18.4 Å². The molecule has 2 heterocycles. The molecular formula is C14H15N3. The molecule has 0 spiro atoms. The lowest BCUT2D eigenvalue weighted by Crippen LogP contribution is -2.39. The zero-order valence-corrected chi connectivity index (χ0v) is 9.69. The van der Waals surface area contributed by atoms with E-state index in [-0.39, 0.29) is 0 Å². The summed E-state index contributed by atoms with van der Waals surface area (Å²) in [6.45, 7) is 1.10. The topological polar surface area (TPSA) is 48.7 Å². The lowest BCUT2D eigenvalue weighted by atomic mass is 9.88. The van der Waals surface area contributed by atoms with Crippen LogP contribution in [-0.4, -0.2) is 17.6 Å². The number of pyridine rings is 1. The maximum absolute atomic E-state index is 8.91. The molecule has 3 heteroatoms. The van der Waals surface area contributed by atoms with Gasteiger partial charge >= 0.3 is 0 Å². The summed E-state index contributed by atoms with van der Waals surface area (Å²) in [4.78, 5) is 4.15. The standard InChI is InChI=1S/C14H15N3/c15-7-10-6-12(9-16-8-10)13-4-3-11-2-1-5-17-14(11)13/h4,6,8-9,11,14,17H,1-3,5H2. The molecule has 0 bridgehead atoms. The second-order valence-corrected chi connectivity index (χ2v) is 4.80. The molecule has 1 aromatic heterocycles. The first-order chi connectivity index (χ1) is 8.38. The van der Waals surface area contributed by atoms with E-state index >= 15 is 0 Å². The van der Waals surface area contributed by atoms with Gasteiger partial charge in [-0.1, -0.05) is 6.08 Å². The molecule has 0 amide bonds. The van der Waals surface area contributed by atoms with Crippen molar-refractivity contribution < 1.29 is 0 Å².